The lowest BCUT2D eigenvalue weighted by molar-refractivity contribution is -0.143. The molecule has 0 bridgehead atoms. The molecular formula is C5H6O5. The molecule has 1 atom stereocenters. The summed E-state index contributed by atoms with van der Waals surface area (Å²) in [6.45, 7) is -0.526. The minimum atomic E-state index is -1.09. The van der Waals surface area contributed by atoms with Gasteiger partial charge in [0.05, 0.1) is 6.61 Å². The predicted octanol–water partition coefficient (Wildman–Crippen LogP) is -0.768. The van der Waals surface area contributed by atoms with E-state index in [2.05, 4.69) is 4.74 Å². The Hall–Kier alpha value is -1.23. The standard InChI is InChI=1S/C5H6O5/c6-1-2-3(7)4(8)5(9)10-2/h2,6-8H,1H2/t2-/m0/s1. The maximum Gasteiger partial charge on any atom is 0.377 e. The minimum absolute atomic E-state index is 0.526. The lowest BCUT2D eigenvalue weighted by atomic mass is 10.3. The topological polar surface area (TPSA) is 87.0 Å². The van der Waals surface area contributed by atoms with Crippen LogP contribution in [0.2, 0.25) is 0 Å². The summed E-state index contributed by atoms with van der Waals surface area (Å²) in [7, 11) is 0. The first kappa shape index (κ1) is 6.88. The molecule has 0 unspecified atom stereocenters. The predicted molar refractivity (Wildman–Crippen MR) is 29.2 cm³/mol. The molecule has 0 aromatic heterocycles. The van der Waals surface area contributed by atoms with Crippen LogP contribution in [0.3, 0.4) is 0 Å². The van der Waals surface area contributed by atoms with Gasteiger partial charge in [0.25, 0.3) is 0 Å². The fraction of sp³-hybridized carbons (Fsp3) is 0.400. The number of aliphatic hydroxyl groups is 3. The van der Waals surface area contributed by atoms with Crippen molar-refractivity contribution in [2.75, 3.05) is 6.61 Å². The Morgan fingerprint density at radius 3 is 2.30 bits per heavy atom. The lowest BCUT2D eigenvalue weighted by Crippen LogP contribution is -2.15. The summed E-state index contributed by atoms with van der Waals surface area (Å²) in [5.74, 6) is -2.43. The van der Waals surface area contributed by atoms with E-state index in [1.54, 1.807) is 0 Å². The maximum absolute atomic E-state index is 10.4. The van der Waals surface area contributed by atoms with Gasteiger partial charge in [-0.15, -0.1) is 0 Å². The molecule has 1 aliphatic heterocycles. The van der Waals surface area contributed by atoms with Crippen molar-refractivity contribution in [2.45, 2.75) is 6.10 Å². The van der Waals surface area contributed by atoms with Crippen LogP contribution in [0.5, 0.6) is 0 Å². The molecule has 5 nitrogen and oxygen atoms in total. The zero-order chi connectivity index (χ0) is 7.72. The molecule has 1 rings (SSSR count). The smallest absolute Gasteiger partial charge is 0.377 e. The first-order valence-corrected chi connectivity index (χ1v) is 2.60. The Labute approximate surface area is 56.2 Å². The number of aliphatic hydroxyl groups excluding tert-OH is 3. The summed E-state index contributed by atoms with van der Waals surface area (Å²) < 4.78 is 4.27. The van der Waals surface area contributed by atoms with Gasteiger partial charge in [-0.2, -0.15) is 0 Å². The van der Waals surface area contributed by atoms with Gasteiger partial charge in [-0.25, -0.2) is 4.79 Å². The summed E-state index contributed by atoms with van der Waals surface area (Å²) in [4.78, 5) is 10.4. The molecule has 1 aliphatic rings. The highest BCUT2D eigenvalue weighted by molar-refractivity contribution is 5.88. The molecule has 0 aromatic rings. The van der Waals surface area contributed by atoms with Crippen LogP contribution in [0.15, 0.2) is 11.5 Å². The molecule has 5 heteroatoms. The van der Waals surface area contributed by atoms with Crippen molar-refractivity contribution in [3.8, 4) is 0 Å². The molecule has 0 aromatic carbocycles. The van der Waals surface area contributed by atoms with Crippen molar-refractivity contribution >= 4 is 5.97 Å². The molecule has 0 saturated carbocycles. The normalized spacial score (nSPS) is 25.3. The van der Waals surface area contributed by atoms with Crippen LogP contribution in [0, 0.1) is 0 Å². The van der Waals surface area contributed by atoms with E-state index in [0.717, 1.165) is 0 Å². The number of esters is 1. The molecule has 0 aliphatic carbocycles. The van der Waals surface area contributed by atoms with Crippen molar-refractivity contribution in [1.29, 1.82) is 0 Å². The van der Waals surface area contributed by atoms with E-state index in [-0.39, 0.29) is 0 Å². The largest absolute Gasteiger partial charge is 0.505 e. The highest BCUT2D eigenvalue weighted by Gasteiger charge is 2.33. The van der Waals surface area contributed by atoms with E-state index < -0.39 is 30.2 Å². The van der Waals surface area contributed by atoms with Crippen LogP contribution in [0.1, 0.15) is 0 Å². The maximum atomic E-state index is 10.4. The third-order valence-electron chi connectivity index (χ3n) is 1.16. The van der Waals surface area contributed by atoms with Gasteiger partial charge in [0.1, 0.15) is 0 Å². The van der Waals surface area contributed by atoms with Crippen molar-refractivity contribution in [3.63, 3.8) is 0 Å². The number of rotatable bonds is 1. The summed E-state index contributed by atoms with van der Waals surface area (Å²) >= 11 is 0. The monoisotopic (exact) mass is 146 g/mol. The highest BCUT2D eigenvalue weighted by Crippen LogP contribution is 2.17. The number of hydrogen-bond acceptors (Lipinski definition) is 5. The third-order valence-corrected chi connectivity index (χ3v) is 1.16. The highest BCUT2D eigenvalue weighted by atomic mass is 16.6. The van der Waals surface area contributed by atoms with E-state index in [1.165, 1.54) is 0 Å². The van der Waals surface area contributed by atoms with Crippen molar-refractivity contribution in [2.24, 2.45) is 0 Å². The Morgan fingerprint density at radius 1 is 1.50 bits per heavy atom. The minimum Gasteiger partial charge on any atom is -0.505 e. The van der Waals surface area contributed by atoms with E-state index in [4.69, 9.17) is 15.3 Å². The fourth-order valence-electron chi connectivity index (χ4n) is 0.622. The molecule has 0 spiro atoms. The van der Waals surface area contributed by atoms with Gasteiger partial charge in [-0.05, 0) is 0 Å². The third kappa shape index (κ3) is 0.801. The Kier molecular flexibility index (Phi) is 1.50. The number of ether oxygens (including phenoxy) is 1. The number of hydrogen-bond donors (Lipinski definition) is 3. The first-order valence-electron chi connectivity index (χ1n) is 2.60. The molecule has 0 saturated heterocycles. The van der Waals surface area contributed by atoms with E-state index >= 15 is 0 Å². The summed E-state index contributed by atoms with van der Waals surface area (Å²) in [5, 5.41) is 25.8. The average molecular weight is 146 g/mol. The van der Waals surface area contributed by atoms with Crippen LogP contribution in [0.4, 0.5) is 0 Å². The Bertz CT molecular complexity index is 194. The molecule has 10 heavy (non-hydrogen) atoms. The first-order chi connectivity index (χ1) is 4.66. The molecule has 0 amide bonds. The van der Waals surface area contributed by atoms with E-state index in [1.807, 2.05) is 0 Å². The van der Waals surface area contributed by atoms with Crippen LogP contribution < -0.4 is 0 Å². The van der Waals surface area contributed by atoms with Crippen LogP contribution in [-0.4, -0.2) is 34.0 Å². The van der Waals surface area contributed by atoms with Gasteiger partial charge < -0.3 is 20.1 Å². The van der Waals surface area contributed by atoms with Crippen LogP contribution in [0.25, 0.3) is 0 Å². The lowest BCUT2D eigenvalue weighted by Gasteiger charge is -2.03. The van der Waals surface area contributed by atoms with E-state index in [9.17, 15) is 4.79 Å². The average Bonchev–Trinajstić information content (AvgIpc) is 2.17. The molecule has 3 N–H and O–H groups in total. The molecule has 0 fully saturated rings. The van der Waals surface area contributed by atoms with E-state index in [0.29, 0.717) is 0 Å². The summed E-state index contributed by atoms with van der Waals surface area (Å²) in [6, 6.07) is 0. The number of cyclic esters (lactones) is 1. The molecule has 56 valence electrons. The van der Waals surface area contributed by atoms with Gasteiger partial charge in [-0.1, -0.05) is 0 Å². The Morgan fingerprint density at radius 2 is 2.10 bits per heavy atom. The van der Waals surface area contributed by atoms with Gasteiger partial charge in [0.2, 0.25) is 5.76 Å². The second-order valence-electron chi connectivity index (χ2n) is 1.81. The SMILES string of the molecule is O=C1O[C@@H](CO)C(O)=C1O. The van der Waals surface area contributed by atoms with Gasteiger partial charge in [0.15, 0.2) is 11.9 Å². The van der Waals surface area contributed by atoms with Gasteiger partial charge in [0, 0.05) is 0 Å². The number of carbonyl (C=O) groups is 1. The molecule has 1 heterocycles. The zero-order valence-corrected chi connectivity index (χ0v) is 4.94. The summed E-state index contributed by atoms with van der Waals surface area (Å²) in [6.07, 6.45) is -1.09. The number of carbonyl (C=O) groups excluding carboxylic acids is 1. The van der Waals surface area contributed by atoms with Crippen molar-refractivity contribution in [1.82, 2.24) is 0 Å². The zero-order valence-electron chi connectivity index (χ0n) is 4.94. The quantitative estimate of drug-likeness (QED) is 0.423. The van der Waals surface area contributed by atoms with Crippen molar-refractivity contribution < 1.29 is 24.9 Å². The van der Waals surface area contributed by atoms with Crippen LogP contribution >= 0.6 is 0 Å². The molecular weight excluding hydrogens is 140 g/mol. The second kappa shape index (κ2) is 2.18. The Balaban J connectivity index is 2.83. The van der Waals surface area contributed by atoms with Crippen LogP contribution in [-0.2, 0) is 9.53 Å². The van der Waals surface area contributed by atoms with Gasteiger partial charge >= 0.3 is 5.97 Å². The second-order valence-corrected chi connectivity index (χ2v) is 1.81. The molecule has 0 radical (unpaired) electrons. The fourth-order valence-corrected chi connectivity index (χ4v) is 0.622. The van der Waals surface area contributed by atoms with Crippen molar-refractivity contribution in [3.05, 3.63) is 11.5 Å². The summed E-state index contributed by atoms with van der Waals surface area (Å²) in [5.41, 5.74) is 0. The van der Waals surface area contributed by atoms with Gasteiger partial charge in [-0.3, -0.25) is 0 Å².